The number of sulfone groups is 1. The zero-order valence-corrected chi connectivity index (χ0v) is 12.5. The second kappa shape index (κ2) is 8.12. The molecule has 108 valence electrons. The number of ether oxygens (including phenoxy) is 1. The van der Waals surface area contributed by atoms with Crippen molar-refractivity contribution in [3.8, 4) is 0 Å². The molecule has 1 aliphatic heterocycles. The number of rotatable bonds is 8. The molecule has 0 saturated carbocycles. The summed E-state index contributed by atoms with van der Waals surface area (Å²) in [7, 11) is -2.81. The molecule has 0 aromatic rings. The van der Waals surface area contributed by atoms with Gasteiger partial charge in [0, 0.05) is 25.0 Å². The molecule has 18 heavy (non-hydrogen) atoms. The maximum Gasteiger partial charge on any atom is 0.150 e. The predicted molar refractivity (Wildman–Crippen MR) is 74.6 cm³/mol. The van der Waals surface area contributed by atoms with E-state index >= 15 is 0 Å². The van der Waals surface area contributed by atoms with Gasteiger partial charge < -0.3 is 10.1 Å². The van der Waals surface area contributed by atoms with Crippen LogP contribution in [0.1, 0.15) is 39.5 Å². The van der Waals surface area contributed by atoms with Crippen LogP contribution in [0.2, 0.25) is 0 Å². The zero-order chi connectivity index (χ0) is 13.4. The molecule has 1 rings (SSSR count). The molecular weight excluding hydrogens is 250 g/mol. The minimum Gasteiger partial charge on any atom is -0.381 e. The van der Waals surface area contributed by atoms with E-state index in [0.29, 0.717) is 17.7 Å². The molecule has 1 aliphatic rings. The van der Waals surface area contributed by atoms with Gasteiger partial charge in [-0.3, -0.25) is 0 Å². The lowest BCUT2D eigenvalue weighted by atomic mass is 9.89. The van der Waals surface area contributed by atoms with Crippen molar-refractivity contribution >= 4 is 9.84 Å². The third-order valence-electron chi connectivity index (χ3n) is 3.71. The molecule has 1 heterocycles. The molecule has 1 fully saturated rings. The topological polar surface area (TPSA) is 55.4 Å². The Hall–Kier alpha value is -0.130. The van der Waals surface area contributed by atoms with Crippen LogP contribution in [0, 0.1) is 5.92 Å². The summed E-state index contributed by atoms with van der Waals surface area (Å²) >= 11 is 0. The molecular formula is C13H27NO3S. The Labute approximate surface area is 111 Å². The highest BCUT2D eigenvalue weighted by atomic mass is 32.2. The summed E-state index contributed by atoms with van der Waals surface area (Å²) in [5.74, 6) is 1.23. The van der Waals surface area contributed by atoms with Crippen molar-refractivity contribution in [1.82, 2.24) is 5.32 Å². The van der Waals surface area contributed by atoms with Crippen LogP contribution in [-0.4, -0.2) is 45.7 Å². The van der Waals surface area contributed by atoms with Gasteiger partial charge in [-0.25, -0.2) is 8.42 Å². The predicted octanol–water partition coefficient (Wildman–Crippen LogP) is 1.61. The van der Waals surface area contributed by atoms with E-state index in [0.717, 1.165) is 45.4 Å². The molecule has 4 nitrogen and oxygen atoms in total. The second-order valence-corrected chi connectivity index (χ2v) is 7.47. The van der Waals surface area contributed by atoms with Crippen LogP contribution in [-0.2, 0) is 14.6 Å². The van der Waals surface area contributed by atoms with E-state index in [1.807, 2.05) is 0 Å². The van der Waals surface area contributed by atoms with Crippen LogP contribution in [0.15, 0.2) is 0 Å². The van der Waals surface area contributed by atoms with E-state index in [9.17, 15) is 8.42 Å². The van der Waals surface area contributed by atoms with E-state index in [-0.39, 0.29) is 5.75 Å². The van der Waals surface area contributed by atoms with Gasteiger partial charge in [0.1, 0.15) is 9.84 Å². The summed E-state index contributed by atoms with van der Waals surface area (Å²) in [5, 5.41) is 3.51. The number of nitrogens with one attached hydrogen (secondary N) is 1. The Bertz CT molecular complexity index is 310. The van der Waals surface area contributed by atoms with E-state index in [1.54, 1.807) is 6.92 Å². The number of hydrogen-bond donors (Lipinski definition) is 1. The smallest absolute Gasteiger partial charge is 0.150 e. The van der Waals surface area contributed by atoms with Crippen molar-refractivity contribution in [3.63, 3.8) is 0 Å². The molecule has 0 spiro atoms. The van der Waals surface area contributed by atoms with Crippen molar-refractivity contribution in [2.24, 2.45) is 5.92 Å². The first-order valence-electron chi connectivity index (χ1n) is 7.10. The molecule has 1 atom stereocenters. The van der Waals surface area contributed by atoms with Crippen LogP contribution < -0.4 is 5.32 Å². The minimum absolute atomic E-state index is 0.260. The molecule has 0 aromatic heterocycles. The summed E-state index contributed by atoms with van der Waals surface area (Å²) in [6, 6.07) is 0.450. The molecule has 0 aromatic carbocycles. The van der Waals surface area contributed by atoms with E-state index in [1.165, 1.54) is 0 Å². The fourth-order valence-electron chi connectivity index (χ4n) is 2.55. The third-order valence-corrected chi connectivity index (χ3v) is 5.50. The molecule has 1 saturated heterocycles. The first-order chi connectivity index (χ1) is 8.59. The van der Waals surface area contributed by atoms with E-state index in [4.69, 9.17) is 4.74 Å². The summed E-state index contributed by atoms with van der Waals surface area (Å²) in [6.07, 6.45) is 3.92. The van der Waals surface area contributed by atoms with Gasteiger partial charge in [-0.1, -0.05) is 13.8 Å². The van der Waals surface area contributed by atoms with Crippen molar-refractivity contribution in [2.45, 2.75) is 45.6 Å². The molecule has 1 unspecified atom stereocenters. The van der Waals surface area contributed by atoms with E-state index < -0.39 is 9.84 Å². The monoisotopic (exact) mass is 277 g/mol. The summed E-state index contributed by atoms with van der Waals surface area (Å²) in [4.78, 5) is 0. The van der Waals surface area contributed by atoms with Crippen LogP contribution >= 0.6 is 0 Å². The molecule has 0 radical (unpaired) electrons. The van der Waals surface area contributed by atoms with Gasteiger partial charge in [0.15, 0.2) is 0 Å². The van der Waals surface area contributed by atoms with Crippen molar-refractivity contribution in [1.29, 1.82) is 0 Å². The zero-order valence-electron chi connectivity index (χ0n) is 11.7. The lowest BCUT2D eigenvalue weighted by molar-refractivity contribution is 0.0527. The standard InChI is InChI=1S/C13H27NO3S/c1-3-14-13(12-7-9-17-10-8-12)6-5-11-18(15,16)4-2/h12-14H,3-11H2,1-2H3. The van der Waals surface area contributed by atoms with Crippen LogP contribution in [0.5, 0.6) is 0 Å². The highest BCUT2D eigenvalue weighted by Crippen LogP contribution is 2.22. The molecule has 0 bridgehead atoms. The fraction of sp³-hybridized carbons (Fsp3) is 1.00. The SMILES string of the molecule is CCNC(CCCS(=O)(=O)CC)C1CCOCC1. The molecule has 5 heteroatoms. The highest BCUT2D eigenvalue weighted by Gasteiger charge is 2.23. The maximum absolute atomic E-state index is 11.5. The average Bonchev–Trinajstić information content (AvgIpc) is 2.39. The Balaban J connectivity index is 2.37. The van der Waals surface area contributed by atoms with Gasteiger partial charge in [-0.15, -0.1) is 0 Å². The van der Waals surface area contributed by atoms with Gasteiger partial charge in [-0.2, -0.15) is 0 Å². The Morgan fingerprint density at radius 3 is 2.50 bits per heavy atom. The highest BCUT2D eigenvalue weighted by molar-refractivity contribution is 7.91. The van der Waals surface area contributed by atoms with Gasteiger partial charge >= 0.3 is 0 Å². The van der Waals surface area contributed by atoms with Gasteiger partial charge in [0.05, 0.1) is 5.75 Å². The largest absolute Gasteiger partial charge is 0.381 e. The second-order valence-electron chi connectivity index (χ2n) is 4.99. The lowest BCUT2D eigenvalue weighted by Crippen LogP contribution is -2.39. The van der Waals surface area contributed by atoms with Gasteiger partial charge in [-0.05, 0) is 38.1 Å². The Morgan fingerprint density at radius 2 is 1.94 bits per heavy atom. The molecule has 0 aliphatic carbocycles. The van der Waals surface area contributed by atoms with E-state index in [2.05, 4.69) is 12.2 Å². The minimum atomic E-state index is -2.81. The summed E-state index contributed by atoms with van der Waals surface area (Å²) in [5.41, 5.74) is 0. The first kappa shape index (κ1) is 15.9. The number of hydrogen-bond acceptors (Lipinski definition) is 4. The lowest BCUT2D eigenvalue weighted by Gasteiger charge is -2.31. The van der Waals surface area contributed by atoms with Crippen LogP contribution in [0.3, 0.4) is 0 Å². The Morgan fingerprint density at radius 1 is 1.28 bits per heavy atom. The fourth-order valence-corrected chi connectivity index (χ4v) is 3.45. The van der Waals surface area contributed by atoms with Gasteiger partial charge in [0.2, 0.25) is 0 Å². The quantitative estimate of drug-likeness (QED) is 0.732. The molecule has 1 N–H and O–H groups in total. The Kier molecular flexibility index (Phi) is 7.19. The molecule has 0 amide bonds. The maximum atomic E-state index is 11.5. The van der Waals surface area contributed by atoms with Gasteiger partial charge in [0.25, 0.3) is 0 Å². The third kappa shape index (κ3) is 5.67. The first-order valence-corrected chi connectivity index (χ1v) is 8.92. The van der Waals surface area contributed by atoms with Crippen LogP contribution in [0.4, 0.5) is 0 Å². The van der Waals surface area contributed by atoms with Crippen LogP contribution in [0.25, 0.3) is 0 Å². The van der Waals surface area contributed by atoms with Crippen molar-refractivity contribution in [2.75, 3.05) is 31.3 Å². The normalized spacial score (nSPS) is 19.9. The van der Waals surface area contributed by atoms with Crippen molar-refractivity contribution in [3.05, 3.63) is 0 Å². The van der Waals surface area contributed by atoms with Crippen molar-refractivity contribution < 1.29 is 13.2 Å². The summed E-state index contributed by atoms with van der Waals surface area (Å²) in [6.45, 7) is 6.47. The summed E-state index contributed by atoms with van der Waals surface area (Å²) < 4.78 is 28.3. The average molecular weight is 277 g/mol.